The van der Waals surface area contributed by atoms with E-state index in [2.05, 4.69) is 26.5 Å². The molecular formula is C17H16BrClN2O2. The summed E-state index contributed by atoms with van der Waals surface area (Å²) in [7, 11) is 0. The van der Waals surface area contributed by atoms with Gasteiger partial charge in [0.25, 0.3) is 5.91 Å². The maximum absolute atomic E-state index is 11.8. The number of hydrazone groups is 1. The number of ether oxygens (including phenoxy) is 1. The van der Waals surface area contributed by atoms with E-state index in [1.165, 1.54) is 0 Å². The molecule has 0 aliphatic rings. The van der Waals surface area contributed by atoms with Crippen molar-refractivity contribution in [3.8, 4) is 5.75 Å². The molecule has 0 aliphatic heterocycles. The summed E-state index contributed by atoms with van der Waals surface area (Å²) in [4.78, 5) is 11.8. The number of halogens is 2. The van der Waals surface area contributed by atoms with E-state index >= 15 is 0 Å². The number of benzene rings is 2. The minimum Gasteiger partial charge on any atom is -0.483 e. The second kappa shape index (κ2) is 8.13. The van der Waals surface area contributed by atoms with Gasteiger partial charge in [0, 0.05) is 9.50 Å². The van der Waals surface area contributed by atoms with E-state index in [-0.39, 0.29) is 12.5 Å². The molecule has 2 rings (SSSR count). The smallest absolute Gasteiger partial charge is 0.277 e. The van der Waals surface area contributed by atoms with Gasteiger partial charge in [-0.1, -0.05) is 39.7 Å². The molecule has 0 spiro atoms. The molecule has 23 heavy (non-hydrogen) atoms. The molecule has 0 aliphatic carbocycles. The first kappa shape index (κ1) is 17.5. The predicted octanol–water partition coefficient (Wildman–Crippen LogP) is 4.33. The molecule has 1 N–H and O–H groups in total. The number of nitrogens with one attached hydrogen (secondary N) is 1. The number of nitrogens with zero attached hydrogens (tertiary/aromatic N) is 1. The van der Waals surface area contributed by atoms with Crippen LogP contribution in [0.2, 0.25) is 5.02 Å². The fraction of sp³-hybridized carbons (Fsp3) is 0.176. The zero-order valence-electron chi connectivity index (χ0n) is 12.8. The van der Waals surface area contributed by atoms with Crippen LogP contribution in [-0.4, -0.2) is 18.2 Å². The van der Waals surface area contributed by atoms with E-state index in [0.29, 0.717) is 16.5 Å². The number of carbonyl (C=O) groups excluding carboxylic acids is 1. The van der Waals surface area contributed by atoms with E-state index < -0.39 is 0 Å². The molecule has 1 amide bonds. The summed E-state index contributed by atoms with van der Waals surface area (Å²) in [5.74, 6) is 0.297. The maximum atomic E-state index is 11.8. The average Bonchev–Trinajstić information content (AvgIpc) is 2.51. The predicted molar refractivity (Wildman–Crippen MR) is 96.2 cm³/mol. The lowest BCUT2D eigenvalue weighted by Gasteiger charge is -2.08. The van der Waals surface area contributed by atoms with E-state index in [1.807, 2.05) is 38.1 Å². The largest absolute Gasteiger partial charge is 0.483 e. The fourth-order valence-electron chi connectivity index (χ4n) is 1.87. The molecule has 0 heterocycles. The van der Waals surface area contributed by atoms with Crippen molar-refractivity contribution in [1.29, 1.82) is 0 Å². The molecule has 0 saturated carbocycles. The molecule has 0 radical (unpaired) electrons. The molecule has 0 fully saturated rings. The van der Waals surface area contributed by atoms with Crippen LogP contribution < -0.4 is 10.2 Å². The van der Waals surface area contributed by atoms with Gasteiger partial charge in [-0.25, -0.2) is 5.43 Å². The minimum absolute atomic E-state index is 0.113. The van der Waals surface area contributed by atoms with Gasteiger partial charge in [0.05, 0.1) is 5.71 Å². The van der Waals surface area contributed by atoms with Crippen molar-refractivity contribution < 1.29 is 9.53 Å². The van der Waals surface area contributed by atoms with Gasteiger partial charge in [0.1, 0.15) is 5.75 Å². The monoisotopic (exact) mass is 394 g/mol. The minimum atomic E-state index is -0.325. The molecule has 0 aromatic heterocycles. The van der Waals surface area contributed by atoms with Crippen LogP contribution >= 0.6 is 27.5 Å². The number of hydrogen-bond donors (Lipinski definition) is 1. The van der Waals surface area contributed by atoms with Crippen LogP contribution in [0.1, 0.15) is 18.1 Å². The molecule has 4 nitrogen and oxygen atoms in total. The third kappa shape index (κ3) is 5.37. The first-order chi connectivity index (χ1) is 11.0. The third-order valence-corrected chi connectivity index (χ3v) is 3.81. The first-order valence-corrected chi connectivity index (χ1v) is 8.11. The molecule has 0 unspecified atom stereocenters. The number of carbonyl (C=O) groups is 1. The summed E-state index contributed by atoms with van der Waals surface area (Å²) in [6.45, 7) is 3.58. The van der Waals surface area contributed by atoms with Gasteiger partial charge < -0.3 is 4.74 Å². The van der Waals surface area contributed by atoms with Crippen molar-refractivity contribution in [3.63, 3.8) is 0 Å². The summed E-state index contributed by atoms with van der Waals surface area (Å²) in [6.07, 6.45) is 0. The topological polar surface area (TPSA) is 50.7 Å². The van der Waals surface area contributed by atoms with Crippen molar-refractivity contribution in [2.45, 2.75) is 13.8 Å². The highest BCUT2D eigenvalue weighted by Gasteiger charge is 2.05. The lowest BCUT2D eigenvalue weighted by Crippen LogP contribution is -2.25. The van der Waals surface area contributed by atoms with Gasteiger partial charge >= 0.3 is 0 Å². The van der Waals surface area contributed by atoms with Crippen molar-refractivity contribution in [1.82, 2.24) is 5.43 Å². The van der Waals surface area contributed by atoms with Gasteiger partial charge in [-0.15, -0.1) is 0 Å². The third-order valence-electron chi connectivity index (χ3n) is 3.09. The molecule has 2 aromatic rings. The van der Waals surface area contributed by atoms with Crippen molar-refractivity contribution >= 4 is 39.1 Å². The molecule has 2 aromatic carbocycles. The van der Waals surface area contributed by atoms with Gasteiger partial charge in [0.15, 0.2) is 6.61 Å². The Morgan fingerprint density at radius 2 is 2.09 bits per heavy atom. The van der Waals surface area contributed by atoms with Crippen LogP contribution in [0.3, 0.4) is 0 Å². The Morgan fingerprint density at radius 1 is 1.30 bits per heavy atom. The Morgan fingerprint density at radius 3 is 2.78 bits per heavy atom. The average molecular weight is 396 g/mol. The quantitative estimate of drug-likeness (QED) is 0.605. The molecule has 6 heteroatoms. The van der Waals surface area contributed by atoms with E-state index in [4.69, 9.17) is 16.3 Å². The summed E-state index contributed by atoms with van der Waals surface area (Å²) < 4.78 is 6.42. The second-order valence-electron chi connectivity index (χ2n) is 4.94. The number of rotatable bonds is 5. The summed E-state index contributed by atoms with van der Waals surface area (Å²) in [5.41, 5.74) is 4.99. The van der Waals surface area contributed by atoms with Crippen LogP contribution in [0.15, 0.2) is 52.0 Å². The van der Waals surface area contributed by atoms with Crippen LogP contribution in [-0.2, 0) is 4.79 Å². The van der Waals surface area contributed by atoms with Crippen molar-refractivity contribution in [2.75, 3.05) is 6.61 Å². The summed E-state index contributed by atoms with van der Waals surface area (Å²) >= 11 is 9.28. The van der Waals surface area contributed by atoms with Crippen molar-refractivity contribution in [3.05, 3.63) is 63.1 Å². The number of hydrogen-bond acceptors (Lipinski definition) is 3. The Balaban J connectivity index is 1.90. The molecule has 0 bridgehead atoms. The molecule has 0 saturated heterocycles. The van der Waals surface area contributed by atoms with Crippen molar-refractivity contribution in [2.24, 2.45) is 5.10 Å². The zero-order chi connectivity index (χ0) is 16.8. The number of aryl methyl sites for hydroxylation is 1. The van der Waals surface area contributed by atoms with E-state index in [1.54, 1.807) is 18.2 Å². The van der Waals surface area contributed by atoms with Gasteiger partial charge in [0.2, 0.25) is 0 Å². The normalized spacial score (nSPS) is 11.2. The van der Waals surface area contributed by atoms with Gasteiger partial charge in [-0.05, 0) is 55.3 Å². The Kier molecular flexibility index (Phi) is 6.19. The Hall–Kier alpha value is -1.85. The number of amides is 1. The molecule has 0 atom stereocenters. The summed E-state index contributed by atoms with van der Waals surface area (Å²) in [5, 5.41) is 4.71. The van der Waals surface area contributed by atoms with Crippen LogP contribution in [0.5, 0.6) is 5.75 Å². The van der Waals surface area contributed by atoms with E-state index in [0.717, 1.165) is 15.6 Å². The highest BCUT2D eigenvalue weighted by atomic mass is 79.9. The SMILES string of the molecule is CC(=NNC(=O)COc1ccc(Cl)cc1C)c1cccc(Br)c1. The lowest BCUT2D eigenvalue weighted by atomic mass is 10.1. The standard InChI is InChI=1S/C17H16BrClN2O2/c1-11-8-15(19)6-7-16(11)23-10-17(22)21-20-12(2)13-4-3-5-14(18)9-13/h3-9H,10H2,1-2H3,(H,21,22). The second-order valence-corrected chi connectivity index (χ2v) is 6.29. The zero-order valence-corrected chi connectivity index (χ0v) is 15.1. The van der Waals surface area contributed by atoms with Crippen LogP contribution in [0.4, 0.5) is 0 Å². The van der Waals surface area contributed by atoms with Crippen LogP contribution in [0, 0.1) is 6.92 Å². The van der Waals surface area contributed by atoms with Crippen LogP contribution in [0.25, 0.3) is 0 Å². The summed E-state index contributed by atoms with van der Waals surface area (Å²) in [6, 6.07) is 12.9. The Labute approximate surface area is 148 Å². The highest BCUT2D eigenvalue weighted by molar-refractivity contribution is 9.10. The fourth-order valence-corrected chi connectivity index (χ4v) is 2.50. The highest BCUT2D eigenvalue weighted by Crippen LogP contribution is 2.21. The Bertz CT molecular complexity index is 747. The first-order valence-electron chi connectivity index (χ1n) is 6.94. The lowest BCUT2D eigenvalue weighted by molar-refractivity contribution is -0.123. The molecule has 120 valence electrons. The molecular weight excluding hydrogens is 380 g/mol. The van der Waals surface area contributed by atoms with E-state index in [9.17, 15) is 4.79 Å². The maximum Gasteiger partial charge on any atom is 0.277 e. The van der Waals surface area contributed by atoms with Gasteiger partial charge in [-0.2, -0.15) is 5.10 Å². The van der Waals surface area contributed by atoms with Gasteiger partial charge in [-0.3, -0.25) is 4.79 Å².